The summed E-state index contributed by atoms with van der Waals surface area (Å²) in [5, 5.41) is 15.3. The minimum Gasteiger partial charge on any atom is -0.453 e. The molecule has 0 radical (unpaired) electrons. The maximum atomic E-state index is 14.3. The van der Waals surface area contributed by atoms with Crippen LogP contribution in [-0.2, 0) is 14.3 Å². The number of carbonyl (C=O) groups is 3. The summed E-state index contributed by atoms with van der Waals surface area (Å²) >= 11 is 0. The molecule has 3 aliphatic heterocycles. The van der Waals surface area contributed by atoms with E-state index >= 15 is 0 Å². The Morgan fingerprint density at radius 3 is 2.10 bits per heavy atom. The van der Waals surface area contributed by atoms with Gasteiger partial charge in [-0.05, 0) is 83.2 Å². The number of nitrogens with one attached hydrogen (secondary N) is 3. The van der Waals surface area contributed by atoms with Gasteiger partial charge in [-0.2, -0.15) is 0 Å². The largest absolute Gasteiger partial charge is 0.453 e. The monoisotopic (exact) mass is 834 g/mol. The Bertz CT molecular complexity index is 2550. The zero-order valence-corrected chi connectivity index (χ0v) is 35.5. The van der Waals surface area contributed by atoms with Gasteiger partial charge in [-0.25, -0.2) is 14.8 Å². The number of hydrogen-bond donors (Lipinski definition) is 4. The number of H-pyrrole nitrogens is 2. The lowest BCUT2D eigenvalue weighted by atomic mass is 9.98. The van der Waals surface area contributed by atoms with Gasteiger partial charge in [0.2, 0.25) is 11.8 Å². The number of ether oxygens (including phenoxy) is 1. The lowest BCUT2D eigenvalue weighted by Gasteiger charge is -2.33. The van der Waals surface area contributed by atoms with Crippen LogP contribution in [0, 0.1) is 5.92 Å². The molecule has 3 aliphatic rings. The van der Waals surface area contributed by atoms with E-state index in [-0.39, 0.29) is 29.8 Å². The minimum absolute atomic E-state index is 0.0613. The van der Waals surface area contributed by atoms with Gasteiger partial charge in [-0.3, -0.25) is 14.5 Å². The van der Waals surface area contributed by atoms with Crippen molar-refractivity contribution in [1.82, 2.24) is 40.0 Å². The van der Waals surface area contributed by atoms with Crippen molar-refractivity contribution in [3.05, 3.63) is 121 Å². The predicted molar refractivity (Wildman–Crippen MR) is 237 cm³/mol. The molecule has 3 fully saturated rings. The fraction of sp³-hybridized carbons (Fsp3) is 0.367. The summed E-state index contributed by atoms with van der Waals surface area (Å²) in [5.74, 6) is 1.36. The zero-order valence-electron chi connectivity index (χ0n) is 35.5. The van der Waals surface area contributed by atoms with Crippen molar-refractivity contribution in [3.63, 3.8) is 0 Å². The number of amides is 3. The second-order valence-corrected chi connectivity index (χ2v) is 17.2. The molecule has 0 aliphatic carbocycles. The smallest absolute Gasteiger partial charge is 0.407 e. The van der Waals surface area contributed by atoms with Gasteiger partial charge in [0.05, 0.1) is 42.9 Å². The molecule has 9 rings (SSSR count). The van der Waals surface area contributed by atoms with Crippen LogP contribution in [0.25, 0.3) is 44.4 Å². The number of rotatable bonds is 11. The topological polar surface area (TPSA) is 160 Å². The molecule has 320 valence electrons. The zero-order chi connectivity index (χ0) is 42.9. The second-order valence-electron chi connectivity index (χ2n) is 17.2. The maximum absolute atomic E-state index is 14.3. The summed E-state index contributed by atoms with van der Waals surface area (Å²) in [6.07, 6.45) is 6.79. The van der Waals surface area contributed by atoms with Gasteiger partial charge >= 0.3 is 6.09 Å². The number of benzene rings is 4. The van der Waals surface area contributed by atoms with Crippen molar-refractivity contribution >= 4 is 28.7 Å². The molecule has 2 aromatic heterocycles. The van der Waals surface area contributed by atoms with Crippen molar-refractivity contribution in [3.8, 4) is 33.6 Å². The third-order valence-corrected chi connectivity index (χ3v) is 12.9. The lowest BCUT2D eigenvalue weighted by Crippen LogP contribution is -2.51. The van der Waals surface area contributed by atoms with Gasteiger partial charge in [0, 0.05) is 37.9 Å². The van der Waals surface area contributed by atoms with E-state index in [1.54, 1.807) is 0 Å². The van der Waals surface area contributed by atoms with E-state index < -0.39 is 24.3 Å². The van der Waals surface area contributed by atoms with E-state index in [0.717, 1.165) is 87.3 Å². The van der Waals surface area contributed by atoms with Crippen molar-refractivity contribution < 1.29 is 24.2 Å². The number of aromatic nitrogens is 4. The fourth-order valence-electron chi connectivity index (χ4n) is 9.55. The van der Waals surface area contributed by atoms with E-state index in [2.05, 4.69) is 80.8 Å². The number of aliphatic hydroxyl groups is 1. The Morgan fingerprint density at radius 2 is 1.42 bits per heavy atom. The molecule has 0 unspecified atom stereocenters. The van der Waals surface area contributed by atoms with Crippen LogP contribution >= 0.6 is 0 Å². The predicted octanol–water partition coefficient (Wildman–Crippen LogP) is 7.80. The molecule has 0 saturated carbocycles. The average Bonchev–Trinajstić information content (AvgIpc) is 4.16. The lowest BCUT2D eigenvalue weighted by molar-refractivity contribution is -0.138. The molecule has 3 saturated heterocycles. The standard InChI is InChI=1S/C49H54N8O5/c1-30(2)43(54-49(61)62-3)47(59)56-22-7-11-41(56)45-50-27-39(52-45)32-15-13-31(14-16-32)34-17-18-36-26-37(20-19-35(36)25-34)40-28-51-46(53-40)42-12-8-23-57(42)48(60)44(33-9-5-4-6-10-33)55-24-21-38(58)29-55/h4-6,9-10,13-20,25-28,30,38,41-44,58H,7-8,11-12,21-24,29H2,1-3H3,(H,50,52)(H,51,53)(H,54,61)/t38-,41-,42-,43-,44+/m0/s1. The van der Waals surface area contributed by atoms with E-state index in [1.165, 1.54) is 7.11 Å². The highest BCUT2D eigenvalue weighted by Gasteiger charge is 2.41. The van der Waals surface area contributed by atoms with Crippen LogP contribution in [0.3, 0.4) is 0 Å². The van der Waals surface area contributed by atoms with E-state index in [9.17, 15) is 19.5 Å². The van der Waals surface area contributed by atoms with Crippen LogP contribution in [0.1, 0.15) is 81.3 Å². The molecule has 3 amide bonds. The molecule has 13 heteroatoms. The number of hydrogen-bond acceptors (Lipinski definition) is 8. The van der Waals surface area contributed by atoms with Crippen LogP contribution < -0.4 is 5.32 Å². The van der Waals surface area contributed by atoms with Crippen LogP contribution in [0.2, 0.25) is 0 Å². The minimum atomic E-state index is -0.684. The maximum Gasteiger partial charge on any atom is 0.407 e. The van der Waals surface area contributed by atoms with Crippen molar-refractivity contribution in [1.29, 1.82) is 0 Å². The quantitative estimate of drug-likeness (QED) is 0.103. The Morgan fingerprint density at radius 1 is 0.774 bits per heavy atom. The highest BCUT2D eigenvalue weighted by atomic mass is 16.5. The molecule has 62 heavy (non-hydrogen) atoms. The molecule has 5 heterocycles. The third-order valence-electron chi connectivity index (χ3n) is 12.9. The molecule has 0 bridgehead atoms. The van der Waals surface area contributed by atoms with Gasteiger partial charge in [0.25, 0.3) is 0 Å². The van der Waals surface area contributed by atoms with E-state index in [0.29, 0.717) is 32.6 Å². The number of fused-ring (bicyclic) bond motifs is 1. The van der Waals surface area contributed by atoms with Crippen LogP contribution in [-0.4, -0.2) is 103 Å². The summed E-state index contributed by atoms with van der Waals surface area (Å²) in [4.78, 5) is 62.5. The number of aliphatic hydroxyl groups excluding tert-OH is 1. The molecule has 6 aromatic rings. The SMILES string of the molecule is COC(=O)N[C@H](C(=O)N1CCC[C@H]1c1ncc(-c2ccc(-c3ccc4cc(-c5c[nH]c([C@@H]6CCCN6C(=O)[C@@H](c6ccccc6)N6CC[C@H](O)C6)n5)ccc4c3)cc2)[nH]1)C(C)C. The molecular weight excluding hydrogens is 781 g/mol. The van der Waals surface area contributed by atoms with E-state index in [4.69, 9.17) is 14.7 Å². The normalized spacial score (nSPS) is 20.2. The summed E-state index contributed by atoms with van der Waals surface area (Å²) in [7, 11) is 1.30. The fourth-order valence-corrected chi connectivity index (χ4v) is 9.55. The second kappa shape index (κ2) is 17.6. The number of carbonyl (C=O) groups excluding carboxylic acids is 3. The van der Waals surface area contributed by atoms with Crippen LogP contribution in [0.5, 0.6) is 0 Å². The molecule has 4 aromatic carbocycles. The first-order valence-corrected chi connectivity index (χ1v) is 21.8. The Hall–Kier alpha value is -6.31. The van der Waals surface area contributed by atoms with Crippen LogP contribution in [0.15, 0.2) is 103 Å². The van der Waals surface area contributed by atoms with Crippen molar-refractivity contribution in [2.75, 3.05) is 33.3 Å². The summed E-state index contributed by atoms with van der Waals surface area (Å²) in [6.45, 7) is 6.27. The molecule has 4 N–H and O–H groups in total. The number of aromatic amines is 2. The molecular formula is C49H54N8O5. The molecule has 0 spiro atoms. The Kier molecular flexibility index (Phi) is 11.6. The van der Waals surface area contributed by atoms with Gasteiger partial charge < -0.3 is 34.9 Å². The van der Waals surface area contributed by atoms with Gasteiger partial charge in [-0.15, -0.1) is 0 Å². The third kappa shape index (κ3) is 8.22. The number of imidazole rings is 2. The van der Waals surface area contributed by atoms with Crippen molar-refractivity contribution in [2.24, 2.45) is 5.92 Å². The number of alkyl carbamates (subject to hydrolysis) is 1. The van der Waals surface area contributed by atoms with E-state index in [1.807, 2.05) is 66.4 Å². The summed E-state index contributed by atoms with van der Waals surface area (Å²) in [6, 6.07) is 29.7. The Balaban J connectivity index is 0.875. The first-order chi connectivity index (χ1) is 30.1. The summed E-state index contributed by atoms with van der Waals surface area (Å²) < 4.78 is 4.77. The first kappa shape index (κ1) is 41.1. The number of nitrogens with zero attached hydrogens (tertiary/aromatic N) is 5. The molecule has 5 atom stereocenters. The number of likely N-dealkylation sites (tertiary alicyclic amines) is 3. The van der Waals surface area contributed by atoms with Crippen LogP contribution in [0.4, 0.5) is 4.79 Å². The number of methoxy groups -OCH3 is 1. The van der Waals surface area contributed by atoms with Gasteiger partial charge in [-0.1, -0.05) is 92.7 Å². The number of β-amino-alcohol motifs (C(OH)–C–C–N with tert-alkyl or cyclic N) is 1. The van der Waals surface area contributed by atoms with Gasteiger partial charge in [0.1, 0.15) is 23.7 Å². The molecule has 13 nitrogen and oxygen atoms in total. The highest BCUT2D eigenvalue weighted by molar-refractivity contribution is 5.91. The highest BCUT2D eigenvalue weighted by Crippen LogP contribution is 2.38. The summed E-state index contributed by atoms with van der Waals surface area (Å²) in [5.41, 5.74) is 6.86. The Labute approximate surface area is 361 Å². The average molecular weight is 835 g/mol. The van der Waals surface area contributed by atoms with Crippen molar-refractivity contribution in [2.45, 2.75) is 76.2 Å². The van der Waals surface area contributed by atoms with Gasteiger partial charge in [0.15, 0.2) is 0 Å². The first-order valence-electron chi connectivity index (χ1n) is 21.8.